The maximum Gasteiger partial charge on any atom is 0.416 e. The molecule has 1 aliphatic carbocycles. The molecule has 0 radical (unpaired) electrons. The minimum absolute atomic E-state index is 0.139. The minimum atomic E-state index is -4.45. The molecule has 0 saturated heterocycles. The number of hydrogen-bond donors (Lipinski definition) is 1. The van der Waals surface area contributed by atoms with Crippen molar-refractivity contribution in [1.82, 2.24) is 5.32 Å². The molecule has 0 fully saturated rings. The lowest BCUT2D eigenvalue weighted by atomic mass is 10.0. The molecule has 5 heteroatoms. The Labute approximate surface area is 91.5 Å². The lowest BCUT2D eigenvalue weighted by Gasteiger charge is -2.09. The molecule has 90 valence electrons. The molecule has 0 aliphatic heterocycles. The summed E-state index contributed by atoms with van der Waals surface area (Å²) in [5.41, 5.74) is -0.952. The van der Waals surface area contributed by atoms with Gasteiger partial charge < -0.3 is 5.32 Å². The summed E-state index contributed by atoms with van der Waals surface area (Å²) in [4.78, 5) is 0. The monoisotopic (exact) mass is 235 g/mol. The zero-order chi connectivity index (χ0) is 12.3. The Hall–Kier alpha value is -1.26. The van der Waals surface area contributed by atoms with E-state index in [9.17, 15) is 17.6 Å². The first-order valence-corrected chi connectivity index (χ1v) is 4.94. The lowest BCUT2D eigenvalue weighted by molar-refractivity contribution is -0.0886. The van der Waals surface area contributed by atoms with Crippen LogP contribution in [0.2, 0.25) is 0 Å². The van der Waals surface area contributed by atoms with Crippen LogP contribution in [0.4, 0.5) is 17.6 Å². The molecule has 0 aromatic carbocycles. The normalized spacial score (nSPS) is 21.9. The predicted octanol–water partition coefficient (Wildman–Crippen LogP) is 3.47. The highest BCUT2D eigenvalue weighted by Gasteiger charge is 2.34. The first-order valence-electron chi connectivity index (χ1n) is 4.94. The van der Waals surface area contributed by atoms with Gasteiger partial charge in [-0.1, -0.05) is 13.0 Å². The summed E-state index contributed by atoms with van der Waals surface area (Å²) >= 11 is 0. The van der Waals surface area contributed by atoms with Crippen LogP contribution in [-0.4, -0.2) is 13.2 Å². The summed E-state index contributed by atoms with van der Waals surface area (Å²) in [6, 6.07) is 0. The highest BCUT2D eigenvalue weighted by molar-refractivity contribution is 5.39. The van der Waals surface area contributed by atoms with E-state index in [-0.39, 0.29) is 5.70 Å². The van der Waals surface area contributed by atoms with Crippen LogP contribution >= 0.6 is 0 Å². The number of nitrogens with one attached hydrogen (secondary N) is 1. The van der Waals surface area contributed by atoms with Crippen LogP contribution in [0.25, 0.3) is 0 Å². The van der Waals surface area contributed by atoms with Crippen molar-refractivity contribution in [2.24, 2.45) is 5.92 Å². The van der Waals surface area contributed by atoms with Crippen molar-refractivity contribution in [3.8, 4) is 0 Å². The lowest BCUT2D eigenvalue weighted by Crippen LogP contribution is -2.13. The van der Waals surface area contributed by atoms with Crippen LogP contribution < -0.4 is 5.32 Å². The molecular weight excluding hydrogens is 222 g/mol. The molecule has 0 heterocycles. The average Bonchev–Trinajstić information content (AvgIpc) is 2.36. The quantitative estimate of drug-likeness (QED) is 0.722. The van der Waals surface area contributed by atoms with Gasteiger partial charge in [-0.3, -0.25) is 0 Å². The highest BCUT2D eigenvalue weighted by Crippen LogP contribution is 2.32. The van der Waals surface area contributed by atoms with Crippen molar-refractivity contribution < 1.29 is 17.6 Å². The maximum atomic E-state index is 13.4. The number of allylic oxidation sites excluding steroid dienone is 5. The summed E-state index contributed by atoms with van der Waals surface area (Å²) in [7, 11) is 1.39. The van der Waals surface area contributed by atoms with Gasteiger partial charge in [-0.2, -0.15) is 13.2 Å². The van der Waals surface area contributed by atoms with E-state index in [1.165, 1.54) is 13.1 Å². The molecule has 1 nitrogen and oxygen atoms in total. The third kappa shape index (κ3) is 2.87. The fraction of sp³-hybridized carbons (Fsp3) is 0.455. The Morgan fingerprint density at radius 1 is 1.31 bits per heavy atom. The van der Waals surface area contributed by atoms with Crippen molar-refractivity contribution in [3.05, 3.63) is 35.3 Å². The second kappa shape index (κ2) is 4.72. The fourth-order valence-corrected chi connectivity index (χ4v) is 1.43. The van der Waals surface area contributed by atoms with E-state index in [0.29, 0.717) is 6.42 Å². The van der Waals surface area contributed by atoms with E-state index in [2.05, 4.69) is 5.32 Å². The van der Waals surface area contributed by atoms with Crippen LogP contribution in [0, 0.1) is 5.92 Å². The molecule has 0 bridgehead atoms. The average molecular weight is 235 g/mol. The fourth-order valence-electron chi connectivity index (χ4n) is 1.43. The topological polar surface area (TPSA) is 12.0 Å². The van der Waals surface area contributed by atoms with Crippen LogP contribution in [0.1, 0.15) is 13.3 Å². The van der Waals surface area contributed by atoms with E-state index in [1.54, 1.807) is 6.92 Å². The summed E-state index contributed by atoms with van der Waals surface area (Å²) in [6.45, 7) is 1.71. The van der Waals surface area contributed by atoms with Crippen molar-refractivity contribution in [1.29, 1.82) is 0 Å². The zero-order valence-corrected chi connectivity index (χ0v) is 9.03. The van der Waals surface area contributed by atoms with Gasteiger partial charge in [0.15, 0.2) is 0 Å². The maximum absolute atomic E-state index is 13.4. The molecule has 0 saturated carbocycles. The van der Waals surface area contributed by atoms with Gasteiger partial charge in [0.25, 0.3) is 0 Å². The van der Waals surface area contributed by atoms with E-state index >= 15 is 0 Å². The Morgan fingerprint density at radius 3 is 2.38 bits per heavy atom. The van der Waals surface area contributed by atoms with Gasteiger partial charge in [0, 0.05) is 7.05 Å². The number of hydrogen-bond acceptors (Lipinski definition) is 1. The summed E-state index contributed by atoms with van der Waals surface area (Å²) in [5.74, 6) is -1.18. The first kappa shape index (κ1) is 12.8. The van der Waals surface area contributed by atoms with Crippen molar-refractivity contribution in [2.75, 3.05) is 7.05 Å². The Bertz CT molecular complexity index is 349. The molecule has 1 atom stereocenters. The van der Waals surface area contributed by atoms with Crippen molar-refractivity contribution in [3.63, 3.8) is 0 Å². The van der Waals surface area contributed by atoms with Gasteiger partial charge >= 0.3 is 6.18 Å². The second-order valence-electron chi connectivity index (χ2n) is 3.51. The van der Waals surface area contributed by atoms with E-state index < -0.39 is 23.5 Å². The Kier molecular flexibility index (Phi) is 3.78. The Balaban J connectivity index is 3.18. The predicted molar refractivity (Wildman–Crippen MR) is 54.3 cm³/mol. The van der Waals surface area contributed by atoms with E-state index in [0.717, 1.165) is 12.2 Å². The van der Waals surface area contributed by atoms with E-state index in [1.807, 2.05) is 0 Å². The van der Waals surface area contributed by atoms with Gasteiger partial charge in [0.1, 0.15) is 5.83 Å². The summed E-state index contributed by atoms with van der Waals surface area (Å²) in [5, 5.41) is 2.42. The van der Waals surface area contributed by atoms with Crippen LogP contribution in [0.3, 0.4) is 0 Å². The molecule has 0 aromatic rings. The smallest absolute Gasteiger partial charge is 0.386 e. The molecule has 0 aromatic heterocycles. The van der Waals surface area contributed by atoms with Crippen LogP contribution in [0.15, 0.2) is 35.3 Å². The number of alkyl halides is 3. The van der Waals surface area contributed by atoms with Crippen molar-refractivity contribution >= 4 is 0 Å². The van der Waals surface area contributed by atoms with Crippen molar-refractivity contribution in [2.45, 2.75) is 19.5 Å². The largest absolute Gasteiger partial charge is 0.416 e. The van der Waals surface area contributed by atoms with Crippen LogP contribution in [-0.2, 0) is 0 Å². The zero-order valence-electron chi connectivity index (χ0n) is 9.03. The van der Waals surface area contributed by atoms with Gasteiger partial charge in [-0.25, -0.2) is 4.39 Å². The number of rotatable bonds is 2. The van der Waals surface area contributed by atoms with E-state index in [4.69, 9.17) is 0 Å². The molecule has 0 spiro atoms. The standard InChI is InChI=1S/C11H13F4N/c1-3-7-4-8(11(13,14)15)6-10(16-2)9(12)5-7/h4-7,16H,3H2,1-2H3. The minimum Gasteiger partial charge on any atom is -0.386 e. The third-order valence-corrected chi connectivity index (χ3v) is 2.38. The van der Waals surface area contributed by atoms with Gasteiger partial charge in [0.2, 0.25) is 0 Å². The molecule has 1 unspecified atom stereocenters. The molecule has 1 aliphatic rings. The van der Waals surface area contributed by atoms with Gasteiger partial charge in [-0.15, -0.1) is 0 Å². The van der Waals surface area contributed by atoms with Gasteiger partial charge in [0.05, 0.1) is 11.3 Å². The molecular formula is C11H13F4N. The molecule has 1 rings (SSSR count). The Morgan fingerprint density at radius 2 is 1.94 bits per heavy atom. The van der Waals surface area contributed by atoms with Gasteiger partial charge in [-0.05, 0) is 24.5 Å². The SMILES string of the molecule is CCC1C=C(F)C(NC)=CC(C(F)(F)F)=C1. The number of likely N-dealkylation sites (N-methyl/N-ethyl adjacent to an activating group) is 1. The second-order valence-corrected chi connectivity index (χ2v) is 3.51. The summed E-state index contributed by atoms with van der Waals surface area (Å²) < 4.78 is 51.2. The first-order chi connectivity index (χ1) is 7.38. The molecule has 16 heavy (non-hydrogen) atoms. The van der Waals surface area contributed by atoms with Crippen LogP contribution in [0.5, 0.6) is 0 Å². The number of halogens is 4. The third-order valence-electron chi connectivity index (χ3n) is 2.38. The molecule has 0 amide bonds. The highest BCUT2D eigenvalue weighted by atomic mass is 19.4. The summed E-state index contributed by atoms with van der Waals surface area (Å²) in [6.07, 6.45) is -0.988. The molecule has 1 N–H and O–H groups in total.